The number of carbonyl (C=O) groups is 1. The van der Waals surface area contributed by atoms with Crippen molar-refractivity contribution in [2.45, 2.75) is 11.7 Å². The van der Waals surface area contributed by atoms with E-state index in [0.29, 0.717) is 11.4 Å². The van der Waals surface area contributed by atoms with E-state index >= 15 is 0 Å². The highest BCUT2D eigenvalue weighted by Gasteiger charge is 2.09. The summed E-state index contributed by atoms with van der Waals surface area (Å²) >= 11 is 2.77. The van der Waals surface area contributed by atoms with Gasteiger partial charge >= 0.3 is 0 Å². The molecule has 0 radical (unpaired) electrons. The smallest absolute Gasteiger partial charge is 0.263 e. The lowest BCUT2D eigenvalue weighted by Crippen LogP contribution is -2.23. The monoisotopic (exact) mass is 268 g/mol. The van der Waals surface area contributed by atoms with Crippen molar-refractivity contribution in [3.63, 3.8) is 0 Å². The van der Waals surface area contributed by atoms with Gasteiger partial charge in [0.05, 0.1) is 18.4 Å². The van der Waals surface area contributed by atoms with E-state index in [2.05, 4.69) is 14.7 Å². The van der Waals surface area contributed by atoms with Gasteiger partial charge in [-0.3, -0.25) is 4.79 Å². The Bertz CT molecular complexity index is 506. The zero-order valence-corrected chi connectivity index (χ0v) is 11.1. The van der Waals surface area contributed by atoms with Gasteiger partial charge in [-0.1, -0.05) is 11.8 Å². The van der Waals surface area contributed by atoms with E-state index in [0.717, 1.165) is 10.9 Å². The Morgan fingerprint density at radius 1 is 1.65 bits per heavy atom. The third kappa shape index (κ3) is 2.67. The molecule has 2 aromatic rings. The lowest BCUT2D eigenvalue weighted by Gasteiger charge is -2.05. The summed E-state index contributed by atoms with van der Waals surface area (Å²) in [5, 5.41) is 3.78. The first-order valence-electron chi connectivity index (χ1n) is 4.96. The van der Waals surface area contributed by atoms with Crippen LogP contribution in [-0.2, 0) is 13.6 Å². The maximum Gasteiger partial charge on any atom is 0.263 e. The molecule has 0 unspecified atom stereocenters. The summed E-state index contributed by atoms with van der Waals surface area (Å²) in [6.07, 6.45) is 5.37. The van der Waals surface area contributed by atoms with Gasteiger partial charge in [0.15, 0.2) is 5.16 Å². The summed E-state index contributed by atoms with van der Waals surface area (Å²) in [4.78, 5) is 16.6. The third-order valence-electron chi connectivity index (χ3n) is 2.32. The Morgan fingerprint density at radius 3 is 3.06 bits per heavy atom. The van der Waals surface area contributed by atoms with Gasteiger partial charge in [0.2, 0.25) is 0 Å². The van der Waals surface area contributed by atoms with E-state index in [9.17, 15) is 4.79 Å². The van der Waals surface area contributed by atoms with Crippen LogP contribution in [0.4, 0.5) is 0 Å². The van der Waals surface area contributed by atoms with Crippen LogP contribution in [0.1, 0.15) is 15.4 Å². The quantitative estimate of drug-likeness (QED) is 0.854. The standard InChI is InChI=1S/C10H12N4OS2/c1-14-7(6-12-10(14)16-2)5-11-9(15)8-3-4-13-17-8/h3-4,6H,5H2,1-2H3,(H,11,15). The Hall–Kier alpha value is -1.34. The molecule has 0 spiro atoms. The van der Waals surface area contributed by atoms with Crippen molar-refractivity contribution in [3.05, 3.63) is 29.0 Å². The van der Waals surface area contributed by atoms with E-state index < -0.39 is 0 Å². The molecule has 0 saturated carbocycles. The fraction of sp³-hybridized carbons (Fsp3) is 0.300. The minimum Gasteiger partial charge on any atom is -0.346 e. The van der Waals surface area contributed by atoms with Crippen LogP contribution >= 0.6 is 23.3 Å². The van der Waals surface area contributed by atoms with Crippen molar-refractivity contribution >= 4 is 29.2 Å². The number of nitrogens with zero attached hydrogens (tertiary/aromatic N) is 3. The van der Waals surface area contributed by atoms with Gasteiger partial charge in [0.1, 0.15) is 4.88 Å². The van der Waals surface area contributed by atoms with Gasteiger partial charge in [0, 0.05) is 13.2 Å². The lowest BCUT2D eigenvalue weighted by atomic mass is 10.4. The molecule has 0 atom stereocenters. The Labute approximate surface area is 107 Å². The highest BCUT2D eigenvalue weighted by molar-refractivity contribution is 7.98. The molecular formula is C10H12N4OS2. The average Bonchev–Trinajstić information content (AvgIpc) is 2.96. The second-order valence-electron chi connectivity index (χ2n) is 3.35. The maximum atomic E-state index is 11.7. The summed E-state index contributed by atoms with van der Waals surface area (Å²) in [5.41, 5.74) is 0.979. The first kappa shape index (κ1) is 12.1. The van der Waals surface area contributed by atoms with E-state index in [1.165, 1.54) is 11.5 Å². The lowest BCUT2D eigenvalue weighted by molar-refractivity contribution is 0.0954. The van der Waals surface area contributed by atoms with Crippen molar-refractivity contribution in [3.8, 4) is 0 Å². The molecule has 0 aliphatic rings. The molecular weight excluding hydrogens is 256 g/mol. The summed E-state index contributed by atoms with van der Waals surface area (Å²) in [5.74, 6) is -0.0978. The molecule has 2 heterocycles. The Morgan fingerprint density at radius 2 is 2.47 bits per heavy atom. The molecule has 2 aromatic heterocycles. The van der Waals surface area contributed by atoms with Crippen molar-refractivity contribution in [2.24, 2.45) is 7.05 Å². The SMILES string of the molecule is CSc1ncc(CNC(=O)c2ccns2)n1C. The van der Waals surface area contributed by atoms with Crippen LogP contribution in [0.2, 0.25) is 0 Å². The third-order valence-corrected chi connectivity index (χ3v) is 3.81. The highest BCUT2D eigenvalue weighted by atomic mass is 32.2. The van der Waals surface area contributed by atoms with Gasteiger partial charge in [-0.15, -0.1) is 0 Å². The first-order valence-corrected chi connectivity index (χ1v) is 6.95. The van der Waals surface area contributed by atoms with E-state index in [4.69, 9.17) is 0 Å². The largest absolute Gasteiger partial charge is 0.346 e. The zero-order valence-electron chi connectivity index (χ0n) is 9.51. The van der Waals surface area contributed by atoms with Crippen LogP contribution in [0, 0.1) is 0 Å². The fourth-order valence-electron chi connectivity index (χ4n) is 1.37. The normalized spacial score (nSPS) is 10.5. The van der Waals surface area contributed by atoms with E-state index in [1.807, 2.05) is 17.9 Å². The van der Waals surface area contributed by atoms with Crippen molar-refractivity contribution in [1.29, 1.82) is 0 Å². The first-order chi connectivity index (χ1) is 8.22. The second kappa shape index (κ2) is 5.33. The molecule has 0 saturated heterocycles. The Kier molecular flexibility index (Phi) is 3.80. The molecule has 1 N–H and O–H groups in total. The van der Waals surface area contributed by atoms with Crippen LogP contribution in [0.25, 0.3) is 0 Å². The molecule has 5 nitrogen and oxygen atoms in total. The van der Waals surface area contributed by atoms with E-state index in [1.54, 1.807) is 30.2 Å². The van der Waals surface area contributed by atoms with Crippen LogP contribution in [-0.4, -0.2) is 26.1 Å². The number of hydrogen-bond acceptors (Lipinski definition) is 5. The fourth-order valence-corrected chi connectivity index (χ4v) is 2.43. The number of thioether (sulfide) groups is 1. The molecule has 0 aliphatic heterocycles. The summed E-state index contributed by atoms with van der Waals surface area (Å²) in [6, 6.07) is 1.70. The number of hydrogen-bond donors (Lipinski definition) is 1. The Balaban J connectivity index is 1.98. The van der Waals surface area contributed by atoms with Crippen molar-refractivity contribution in [1.82, 2.24) is 19.2 Å². The molecule has 0 fully saturated rings. The number of carbonyl (C=O) groups excluding carboxylic acids is 1. The van der Waals surface area contributed by atoms with Gasteiger partial charge in [-0.2, -0.15) is 0 Å². The molecule has 0 bridgehead atoms. The van der Waals surface area contributed by atoms with Crippen LogP contribution in [0.3, 0.4) is 0 Å². The van der Waals surface area contributed by atoms with Crippen LogP contribution in [0.15, 0.2) is 23.6 Å². The van der Waals surface area contributed by atoms with Gasteiger partial charge < -0.3 is 9.88 Å². The predicted octanol–water partition coefficient (Wildman–Crippen LogP) is 1.53. The minimum atomic E-state index is -0.0978. The number of aromatic nitrogens is 3. The molecule has 1 amide bonds. The molecule has 17 heavy (non-hydrogen) atoms. The van der Waals surface area contributed by atoms with Gasteiger partial charge in [0.25, 0.3) is 5.91 Å². The summed E-state index contributed by atoms with van der Waals surface area (Å²) in [7, 11) is 1.94. The topological polar surface area (TPSA) is 59.8 Å². The van der Waals surface area contributed by atoms with Crippen molar-refractivity contribution in [2.75, 3.05) is 6.26 Å². The van der Waals surface area contributed by atoms with Crippen LogP contribution in [0.5, 0.6) is 0 Å². The van der Waals surface area contributed by atoms with Gasteiger partial charge in [-0.25, -0.2) is 9.36 Å². The summed E-state index contributed by atoms with van der Waals surface area (Å²) in [6.45, 7) is 0.473. The minimum absolute atomic E-state index is 0.0978. The average molecular weight is 268 g/mol. The molecule has 7 heteroatoms. The maximum absolute atomic E-state index is 11.7. The van der Waals surface area contributed by atoms with Crippen molar-refractivity contribution < 1.29 is 4.79 Å². The summed E-state index contributed by atoms with van der Waals surface area (Å²) < 4.78 is 5.86. The molecule has 0 aromatic carbocycles. The number of rotatable bonds is 4. The highest BCUT2D eigenvalue weighted by Crippen LogP contribution is 2.13. The molecule has 90 valence electrons. The molecule has 0 aliphatic carbocycles. The second-order valence-corrected chi connectivity index (χ2v) is 4.96. The number of amides is 1. The van der Waals surface area contributed by atoms with E-state index in [-0.39, 0.29) is 5.91 Å². The number of nitrogens with one attached hydrogen (secondary N) is 1. The predicted molar refractivity (Wildman–Crippen MR) is 68.3 cm³/mol. The zero-order chi connectivity index (χ0) is 12.3. The van der Waals surface area contributed by atoms with Gasteiger partial charge in [-0.05, 0) is 23.9 Å². The van der Waals surface area contributed by atoms with Crippen LogP contribution < -0.4 is 5.32 Å². The molecule has 2 rings (SSSR count). The number of imidazole rings is 1.